The largest absolute Gasteiger partial charge is 0.412 e. The van der Waals surface area contributed by atoms with Gasteiger partial charge in [0.05, 0.1) is 25.4 Å². The van der Waals surface area contributed by atoms with Crippen molar-refractivity contribution < 1.29 is 19.7 Å². The van der Waals surface area contributed by atoms with Gasteiger partial charge in [-0.25, -0.2) is 4.79 Å². The van der Waals surface area contributed by atoms with Gasteiger partial charge in [-0.3, -0.25) is 4.90 Å². The molecule has 0 aliphatic carbocycles. The van der Waals surface area contributed by atoms with E-state index in [1.807, 2.05) is 11.0 Å². The maximum Gasteiger partial charge on any atom is 0.318 e. The lowest BCUT2D eigenvalue weighted by Gasteiger charge is -2.51. The van der Waals surface area contributed by atoms with Crippen LogP contribution in [0, 0.1) is 0 Å². The zero-order valence-electron chi connectivity index (χ0n) is 18.4. The molecule has 3 aliphatic rings. The lowest BCUT2D eigenvalue weighted by atomic mass is 9.80. The summed E-state index contributed by atoms with van der Waals surface area (Å²) in [6.45, 7) is 9.06. The average molecular weight is 457 g/mol. The summed E-state index contributed by atoms with van der Waals surface area (Å²) in [4.78, 5) is 17.4. The van der Waals surface area contributed by atoms with Gasteiger partial charge in [0.2, 0.25) is 0 Å². The van der Waals surface area contributed by atoms with Gasteiger partial charge < -0.3 is 30.5 Å². The van der Waals surface area contributed by atoms with E-state index in [1.54, 1.807) is 0 Å². The molecule has 0 bridgehead atoms. The van der Waals surface area contributed by atoms with Crippen molar-refractivity contribution in [2.45, 2.75) is 37.5 Å². The van der Waals surface area contributed by atoms with Crippen molar-refractivity contribution in [3.05, 3.63) is 35.9 Å². The van der Waals surface area contributed by atoms with Crippen LogP contribution in [0.15, 0.2) is 30.3 Å². The Morgan fingerprint density at radius 2 is 1.77 bits per heavy atom. The molecule has 176 valence electrons. The van der Waals surface area contributed by atoms with E-state index < -0.39 is 0 Å². The summed E-state index contributed by atoms with van der Waals surface area (Å²) >= 11 is 0. The van der Waals surface area contributed by atoms with E-state index in [2.05, 4.69) is 46.7 Å². The first-order valence-corrected chi connectivity index (χ1v) is 11.0. The number of hydrogen-bond acceptors (Lipinski definition) is 5. The zero-order chi connectivity index (χ0) is 20.2. The Hall–Kier alpha value is -1.42. The van der Waals surface area contributed by atoms with Gasteiger partial charge in [-0.05, 0) is 24.8 Å². The SMILES string of the molecule is CCC1(N2CCC(NC(=O)N3CCOCC3)(c3ccccc3)CC2)CNCCO1.Cl.O. The smallest absolute Gasteiger partial charge is 0.318 e. The van der Waals surface area contributed by atoms with E-state index in [0.29, 0.717) is 26.3 Å². The number of carbonyl (C=O) groups is 1. The molecule has 3 heterocycles. The molecule has 3 saturated heterocycles. The van der Waals surface area contributed by atoms with Crippen molar-refractivity contribution in [3.8, 4) is 0 Å². The minimum Gasteiger partial charge on any atom is -0.412 e. The molecule has 1 atom stereocenters. The molecule has 1 unspecified atom stereocenters. The van der Waals surface area contributed by atoms with E-state index >= 15 is 0 Å². The van der Waals surface area contributed by atoms with Crippen LogP contribution in [0.2, 0.25) is 0 Å². The third kappa shape index (κ3) is 5.50. The molecule has 0 saturated carbocycles. The maximum absolute atomic E-state index is 13.1. The Bertz CT molecular complexity index is 673. The van der Waals surface area contributed by atoms with E-state index in [-0.39, 0.29) is 35.2 Å². The quantitative estimate of drug-likeness (QED) is 0.712. The highest BCUT2D eigenvalue weighted by Gasteiger charge is 2.45. The van der Waals surface area contributed by atoms with Gasteiger partial charge in [0.25, 0.3) is 0 Å². The lowest BCUT2D eigenvalue weighted by Crippen LogP contribution is -2.65. The predicted molar refractivity (Wildman–Crippen MR) is 123 cm³/mol. The van der Waals surface area contributed by atoms with Crippen LogP contribution in [0.1, 0.15) is 31.7 Å². The van der Waals surface area contributed by atoms with Crippen LogP contribution < -0.4 is 10.6 Å². The summed E-state index contributed by atoms with van der Waals surface area (Å²) in [5.74, 6) is 0. The van der Waals surface area contributed by atoms with Gasteiger partial charge in [0.15, 0.2) is 0 Å². The van der Waals surface area contributed by atoms with E-state index in [0.717, 1.165) is 52.0 Å². The van der Waals surface area contributed by atoms with E-state index in [4.69, 9.17) is 9.47 Å². The predicted octanol–water partition coefficient (Wildman–Crippen LogP) is 1.34. The maximum atomic E-state index is 13.1. The number of benzene rings is 1. The van der Waals surface area contributed by atoms with Gasteiger partial charge in [0.1, 0.15) is 5.72 Å². The van der Waals surface area contributed by atoms with Crippen molar-refractivity contribution >= 4 is 18.4 Å². The van der Waals surface area contributed by atoms with Crippen LogP contribution in [-0.4, -0.2) is 86.1 Å². The first kappa shape index (κ1) is 25.8. The number of likely N-dealkylation sites (tertiary alicyclic amines) is 1. The summed E-state index contributed by atoms with van der Waals surface area (Å²) < 4.78 is 11.7. The summed E-state index contributed by atoms with van der Waals surface area (Å²) in [5, 5.41) is 6.92. The number of nitrogens with zero attached hydrogens (tertiary/aromatic N) is 2. The van der Waals surface area contributed by atoms with Crippen molar-refractivity contribution in [1.29, 1.82) is 0 Å². The van der Waals surface area contributed by atoms with Crippen LogP contribution in [0.5, 0.6) is 0 Å². The Morgan fingerprint density at radius 1 is 1.10 bits per heavy atom. The molecule has 1 aromatic rings. The molecule has 9 heteroatoms. The number of hydrogen-bond donors (Lipinski definition) is 2. The Kier molecular flexibility index (Phi) is 9.54. The number of rotatable bonds is 4. The minimum atomic E-state index is -0.343. The van der Waals surface area contributed by atoms with Crippen LogP contribution in [0.3, 0.4) is 0 Å². The second kappa shape index (κ2) is 11.4. The Labute approximate surface area is 191 Å². The van der Waals surface area contributed by atoms with Crippen molar-refractivity contribution in [2.24, 2.45) is 0 Å². The molecular weight excluding hydrogens is 420 g/mol. The summed E-state index contributed by atoms with van der Waals surface area (Å²) in [6.07, 6.45) is 2.70. The number of amides is 2. The third-order valence-corrected chi connectivity index (χ3v) is 6.77. The normalized spacial score (nSPS) is 26.3. The monoisotopic (exact) mass is 456 g/mol. The fourth-order valence-corrected chi connectivity index (χ4v) is 4.89. The molecule has 1 aromatic carbocycles. The minimum absolute atomic E-state index is 0. The third-order valence-electron chi connectivity index (χ3n) is 6.77. The molecule has 2 amide bonds. The van der Waals surface area contributed by atoms with Gasteiger partial charge in [0, 0.05) is 39.3 Å². The fraction of sp³-hybridized carbons (Fsp3) is 0.682. The first-order chi connectivity index (χ1) is 14.2. The van der Waals surface area contributed by atoms with Crippen molar-refractivity contribution in [3.63, 3.8) is 0 Å². The standard InChI is InChI=1S/C22H34N4O3.ClH.H2O/c1-2-22(18-23-10-15-29-22)26-11-8-21(9-12-26,19-6-4-3-5-7-19)24-20(27)25-13-16-28-17-14-25;;/h3-7,23H,2,8-18H2,1H3,(H,24,27);1H;1H2. The van der Waals surface area contributed by atoms with Crippen molar-refractivity contribution in [1.82, 2.24) is 20.4 Å². The number of nitrogens with one attached hydrogen (secondary N) is 2. The molecule has 4 N–H and O–H groups in total. The first-order valence-electron chi connectivity index (χ1n) is 11.0. The number of ether oxygens (including phenoxy) is 2. The molecule has 0 radical (unpaired) electrons. The topological polar surface area (TPSA) is 97.6 Å². The second-order valence-electron chi connectivity index (χ2n) is 8.29. The molecule has 3 fully saturated rings. The van der Waals surface area contributed by atoms with Crippen LogP contribution in [-0.2, 0) is 15.0 Å². The number of halogens is 1. The lowest BCUT2D eigenvalue weighted by molar-refractivity contribution is -0.181. The second-order valence-corrected chi connectivity index (χ2v) is 8.29. The number of morpholine rings is 2. The molecule has 3 aliphatic heterocycles. The highest BCUT2D eigenvalue weighted by molar-refractivity contribution is 5.85. The van der Waals surface area contributed by atoms with Crippen LogP contribution >= 0.6 is 12.4 Å². The number of urea groups is 1. The summed E-state index contributed by atoms with van der Waals surface area (Å²) in [7, 11) is 0. The van der Waals surface area contributed by atoms with Crippen molar-refractivity contribution in [2.75, 3.05) is 59.1 Å². The van der Waals surface area contributed by atoms with Crippen LogP contribution in [0.4, 0.5) is 4.79 Å². The molecule has 31 heavy (non-hydrogen) atoms. The van der Waals surface area contributed by atoms with Gasteiger partial charge >= 0.3 is 6.03 Å². The van der Waals surface area contributed by atoms with Crippen LogP contribution in [0.25, 0.3) is 0 Å². The zero-order valence-corrected chi connectivity index (χ0v) is 19.2. The molecular formula is C22H37ClN4O4. The highest BCUT2D eigenvalue weighted by Crippen LogP contribution is 2.37. The fourth-order valence-electron chi connectivity index (χ4n) is 4.89. The van der Waals surface area contributed by atoms with E-state index in [1.165, 1.54) is 5.56 Å². The highest BCUT2D eigenvalue weighted by atomic mass is 35.5. The average Bonchev–Trinajstić information content (AvgIpc) is 2.81. The Balaban J connectivity index is 0.00000171. The summed E-state index contributed by atoms with van der Waals surface area (Å²) in [5.41, 5.74) is 0.619. The summed E-state index contributed by atoms with van der Waals surface area (Å²) in [6, 6.07) is 10.5. The molecule has 0 aromatic heterocycles. The van der Waals surface area contributed by atoms with E-state index in [9.17, 15) is 4.79 Å². The molecule has 4 rings (SSSR count). The molecule has 8 nitrogen and oxygen atoms in total. The van der Waals surface area contributed by atoms with Gasteiger partial charge in [-0.15, -0.1) is 12.4 Å². The van der Waals surface area contributed by atoms with Gasteiger partial charge in [-0.1, -0.05) is 37.3 Å². The molecule has 0 spiro atoms. The number of carbonyl (C=O) groups excluding carboxylic acids is 1. The Morgan fingerprint density at radius 3 is 2.35 bits per heavy atom. The number of piperidine rings is 1. The van der Waals surface area contributed by atoms with Gasteiger partial charge in [-0.2, -0.15) is 0 Å².